The van der Waals surface area contributed by atoms with Crippen LogP contribution in [0.5, 0.6) is 23.0 Å². The number of hydrogen-bond acceptors (Lipinski definition) is 27. The van der Waals surface area contributed by atoms with E-state index >= 15 is 0 Å². The molecule has 0 atom stereocenters. The van der Waals surface area contributed by atoms with Gasteiger partial charge in [0.25, 0.3) is 5.91 Å². The van der Waals surface area contributed by atoms with Gasteiger partial charge in [-0.05, 0) is 50.5 Å². The van der Waals surface area contributed by atoms with Crippen LogP contribution in [0.1, 0.15) is 62.6 Å². The Balaban J connectivity index is 0.000000190. The summed E-state index contributed by atoms with van der Waals surface area (Å²) in [6.07, 6.45) is 3.48. The van der Waals surface area contributed by atoms with Crippen molar-refractivity contribution in [1.29, 1.82) is 0 Å². The lowest BCUT2D eigenvalue weighted by Gasteiger charge is -2.11. The Bertz CT molecular complexity index is 3710. The highest BCUT2D eigenvalue weighted by Gasteiger charge is 2.18. The lowest BCUT2D eigenvalue weighted by Crippen LogP contribution is -2.45. The highest BCUT2D eigenvalue weighted by molar-refractivity contribution is 7.16. The maximum Gasteiger partial charge on any atom is 0.398 e. The van der Waals surface area contributed by atoms with Crippen LogP contribution in [0.2, 0.25) is 0 Å². The number of ketones is 1. The summed E-state index contributed by atoms with van der Waals surface area (Å²) in [6, 6.07) is 34.6. The fourth-order valence-electron chi connectivity index (χ4n) is 7.52. The smallest absolute Gasteiger partial charge is 0.398 e. The molecule has 29 heteroatoms. The van der Waals surface area contributed by atoms with E-state index in [1.807, 2.05) is 66.1 Å². The number of carbonyl (C=O) groups excluding carboxylic acids is 5. The Morgan fingerprint density at radius 3 is 1.50 bits per heavy atom. The summed E-state index contributed by atoms with van der Waals surface area (Å²) in [7, 11) is 7.33. The number of nitrogens with zero attached hydrogens (tertiary/aromatic N) is 8. The van der Waals surface area contributed by atoms with Crippen LogP contribution in [-0.4, -0.2) is 145 Å². The number of carbonyl (C=O) groups is 5. The molecule has 1 aliphatic heterocycles. The van der Waals surface area contributed by atoms with Gasteiger partial charge in [0.05, 0.1) is 53.2 Å². The molecule has 0 saturated carbocycles. The number of aromatic nitrogens is 8. The van der Waals surface area contributed by atoms with Crippen molar-refractivity contribution in [1.82, 2.24) is 51.2 Å². The first-order valence-corrected chi connectivity index (χ1v) is 28.7. The predicted octanol–water partition coefficient (Wildman–Crippen LogP) is 7.22. The Morgan fingerprint density at radius 2 is 1.05 bits per heavy atom. The molecule has 10 N–H and O–H groups in total. The van der Waals surface area contributed by atoms with E-state index in [9.17, 15) is 24.0 Å². The van der Waals surface area contributed by atoms with Crippen LogP contribution in [-0.2, 0) is 23.8 Å². The van der Waals surface area contributed by atoms with E-state index < -0.39 is 23.8 Å². The van der Waals surface area contributed by atoms with Crippen LogP contribution in [0.25, 0.3) is 42.9 Å². The van der Waals surface area contributed by atoms with Gasteiger partial charge < -0.3 is 61.0 Å². The zero-order valence-corrected chi connectivity index (χ0v) is 50.7. The fourth-order valence-corrected chi connectivity index (χ4v) is 9.07. The molecule has 10 rings (SSSR count). The van der Waals surface area contributed by atoms with Gasteiger partial charge in [0.15, 0.2) is 33.8 Å². The number of esters is 2. The molecular formula is C59H67N15O12S2. The standard InChI is InChI=1S/C22H22N6O3S.C12H17N5O2.C11H10N2O2S.C10H10N2O4.C4H8O/c1-30-17-11-14-15(12-18(17)31-2)25-22(26-19(14)23)24-10-6-9-16(29)21-28-27-20(32-21)13-7-4-3-5-8-13;1-18-9-5-7-8(6-10(9)19-2)16-12(15-4-3-13)17-11(7)14;1-2-15-11(14)10-13-12-9(16-10)8-6-4-3-5-7-8;1-16-10(15)9(14)12-11-8(13)7-5-3-2-4-6-7;1-2-4-5-3-1/h3-5,7-8,11-12H,6,9-10H2,1-2H3,(H3,23,24,25,26);5-6H,3-4,13H2,1-2H3,(H3,14,15,16,17);3-7H,2H2,1H3;2-6H,1H3,(H,11,13)(H,12,14);1-4H2. The Kier molecular flexibility index (Phi) is 26.8. The number of nitrogen functional groups attached to an aromatic ring is 2. The molecule has 9 aromatic rings. The second-order valence-electron chi connectivity index (χ2n) is 17.8. The van der Waals surface area contributed by atoms with Crippen LogP contribution in [0.15, 0.2) is 115 Å². The van der Waals surface area contributed by atoms with Gasteiger partial charge in [-0.3, -0.25) is 25.2 Å². The van der Waals surface area contributed by atoms with E-state index in [1.54, 1.807) is 90.0 Å². The van der Waals surface area contributed by atoms with Crippen LogP contribution >= 0.6 is 22.7 Å². The molecule has 88 heavy (non-hydrogen) atoms. The number of nitrogens with one attached hydrogen (secondary N) is 4. The molecule has 4 aromatic heterocycles. The second-order valence-corrected chi connectivity index (χ2v) is 19.8. The van der Waals surface area contributed by atoms with E-state index in [0.717, 1.165) is 46.9 Å². The molecule has 1 fully saturated rings. The highest BCUT2D eigenvalue weighted by atomic mass is 32.1. The first-order chi connectivity index (χ1) is 42.7. The van der Waals surface area contributed by atoms with Gasteiger partial charge in [-0.15, -0.1) is 20.4 Å². The van der Waals surface area contributed by atoms with Crippen molar-refractivity contribution in [2.24, 2.45) is 5.73 Å². The van der Waals surface area contributed by atoms with Crippen molar-refractivity contribution in [2.45, 2.75) is 32.6 Å². The molecule has 2 amide bonds. The summed E-state index contributed by atoms with van der Waals surface area (Å²) in [5.41, 5.74) is 25.0. The number of fused-ring (bicyclic) bond motifs is 2. The number of methoxy groups -OCH3 is 5. The number of benzene rings is 5. The van der Waals surface area contributed by atoms with Crippen molar-refractivity contribution in [3.63, 3.8) is 0 Å². The minimum Gasteiger partial charge on any atom is -0.493 e. The number of rotatable bonds is 18. The number of nitrogens with two attached hydrogens (primary N) is 3. The quantitative estimate of drug-likeness (QED) is 0.0146. The largest absolute Gasteiger partial charge is 0.493 e. The first-order valence-electron chi connectivity index (χ1n) is 27.1. The molecule has 0 aliphatic carbocycles. The van der Waals surface area contributed by atoms with Gasteiger partial charge in [0.1, 0.15) is 21.7 Å². The molecule has 0 radical (unpaired) electrons. The van der Waals surface area contributed by atoms with Crippen LogP contribution in [0.3, 0.4) is 0 Å². The van der Waals surface area contributed by atoms with Crippen molar-refractivity contribution < 1.29 is 57.1 Å². The third-order valence-corrected chi connectivity index (χ3v) is 13.8. The third kappa shape index (κ3) is 19.9. The van der Waals surface area contributed by atoms with E-state index in [2.05, 4.69) is 61.1 Å². The molecule has 462 valence electrons. The van der Waals surface area contributed by atoms with Crippen LogP contribution in [0, 0.1) is 0 Å². The summed E-state index contributed by atoms with van der Waals surface area (Å²) in [4.78, 5) is 74.1. The van der Waals surface area contributed by atoms with E-state index in [4.69, 9.17) is 45.6 Å². The van der Waals surface area contributed by atoms with Gasteiger partial charge in [-0.2, -0.15) is 9.97 Å². The second kappa shape index (κ2) is 35.3. The number of anilines is 4. The first kappa shape index (κ1) is 66.9. The number of hydrogen-bond donors (Lipinski definition) is 7. The maximum atomic E-state index is 12.5. The Hall–Kier alpha value is -10.2. The van der Waals surface area contributed by atoms with Gasteiger partial charge in [0, 0.05) is 78.9 Å². The van der Waals surface area contributed by atoms with Gasteiger partial charge >= 0.3 is 17.8 Å². The van der Waals surface area contributed by atoms with Gasteiger partial charge in [-0.25, -0.2) is 19.6 Å². The van der Waals surface area contributed by atoms with E-state index in [-0.39, 0.29) is 5.78 Å². The summed E-state index contributed by atoms with van der Waals surface area (Å²) in [6.45, 7) is 5.69. The van der Waals surface area contributed by atoms with E-state index in [0.29, 0.717) is 118 Å². The number of Topliss-reactive ketones (excluding diaryl/α,β-unsaturated/α-hetero) is 1. The number of amides is 2. The number of ether oxygens (including phenoxy) is 7. The molecule has 0 unspecified atom stereocenters. The summed E-state index contributed by atoms with van der Waals surface area (Å²) < 4.78 is 35.0. The number of hydrazine groups is 1. The SMILES string of the molecule is C1CCOC1.CCOC(=O)c1nnc(-c2ccccc2)s1.COC(=O)C(=O)NNC(=O)c1ccccc1.COc1cc2nc(NCCCC(=O)c3nnc(-c4ccccc4)s3)nc(N)c2cc1OC.COc1cc2nc(NCCN)nc(N)c2cc1OC. The Labute approximate surface area is 514 Å². The lowest BCUT2D eigenvalue weighted by atomic mass is 10.2. The minimum atomic E-state index is -1.08. The molecule has 5 aromatic carbocycles. The molecule has 0 bridgehead atoms. The normalized spacial score (nSPS) is 11.0. The summed E-state index contributed by atoms with van der Waals surface area (Å²) in [5.74, 6) is 0.762. The zero-order chi connectivity index (χ0) is 63.2. The van der Waals surface area contributed by atoms with Crippen LogP contribution < -0.4 is 57.6 Å². The topological polar surface area (TPSA) is 379 Å². The van der Waals surface area contributed by atoms with Crippen molar-refractivity contribution in [2.75, 3.05) is 97.1 Å². The lowest BCUT2D eigenvalue weighted by molar-refractivity contribution is -0.153. The van der Waals surface area contributed by atoms with Crippen molar-refractivity contribution in [3.8, 4) is 44.1 Å². The molecule has 1 saturated heterocycles. The highest BCUT2D eigenvalue weighted by Crippen LogP contribution is 2.35. The molecule has 27 nitrogen and oxygen atoms in total. The Morgan fingerprint density at radius 1 is 0.580 bits per heavy atom. The summed E-state index contributed by atoms with van der Waals surface area (Å²) in [5, 5.41) is 25.6. The third-order valence-electron chi connectivity index (χ3n) is 11.9. The van der Waals surface area contributed by atoms with Gasteiger partial charge in [-0.1, -0.05) is 102 Å². The van der Waals surface area contributed by atoms with Crippen molar-refractivity contribution in [3.05, 3.63) is 131 Å². The minimum absolute atomic E-state index is 0.0396. The molecular weight excluding hydrogens is 1170 g/mol. The molecule has 5 heterocycles. The van der Waals surface area contributed by atoms with Crippen molar-refractivity contribution >= 4 is 97.5 Å². The predicted molar refractivity (Wildman–Crippen MR) is 334 cm³/mol. The zero-order valence-electron chi connectivity index (χ0n) is 49.1. The monoisotopic (exact) mass is 1240 g/mol. The molecule has 0 spiro atoms. The average Bonchev–Trinajstić information content (AvgIpc) is 2.49. The fraction of sp³-hybridized carbons (Fsp3) is 0.271. The maximum absolute atomic E-state index is 12.5. The summed E-state index contributed by atoms with van der Waals surface area (Å²) >= 11 is 2.54. The van der Waals surface area contributed by atoms with Gasteiger partial charge in [0.2, 0.25) is 16.9 Å². The van der Waals surface area contributed by atoms with Crippen LogP contribution in [0.4, 0.5) is 23.5 Å². The average molecular weight is 1240 g/mol. The van der Waals surface area contributed by atoms with E-state index in [1.165, 1.54) is 35.5 Å². The molecule has 1 aliphatic rings.